The van der Waals surface area contributed by atoms with Gasteiger partial charge in [0.15, 0.2) is 0 Å². The molecule has 1 atom stereocenters. The van der Waals surface area contributed by atoms with Crippen molar-refractivity contribution in [3.8, 4) is 5.75 Å². The van der Waals surface area contributed by atoms with Gasteiger partial charge in [0, 0.05) is 6.07 Å². The summed E-state index contributed by atoms with van der Waals surface area (Å²) >= 11 is 3.45. The highest BCUT2D eigenvalue weighted by molar-refractivity contribution is 9.10. The van der Waals surface area contributed by atoms with Crippen molar-refractivity contribution >= 4 is 15.9 Å². The van der Waals surface area contributed by atoms with Gasteiger partial charge in [-0.05, 0) is 65.3 Å². The van der Waals surface area contributed by atoms with Crippen LogP contribution in [0.2, 0.25) is 0 Å². The first-order chi connectivity index (χ1) is 10.0. The summed E-state index contributed by atoms with van der Waals surface area (Å²) in [6, 6.07) is 8.81. The van der Waals surface area contributed by atoms with Crippen molar-refractivity contribution in [1.82, 2.24) is 5.32 Å². The fraction of sp³-hybridized carbons (Fsp3) is 0.250. The van der Waals surface area contributed by atoms with Gasteiger partial charge in [-0.3, -0.25) is 0 Å². The van der Waals surface area contributed by atoms with Crippen molar-refractivity contribution in [3.63, 3.8) is 0 Å². The first-order valence-electron chi connectivity index (χ1n) is 6.60. The van der Waals surface area contributed by atoms with E-state index in [1.54, 1.807) is 7.05 Å². The molecule has 1 N–H and O–H groups in total. The van der Waals surface area contributed by atoms with Crippen LogP contribution in [0.4, 0.5) is 8.78 Å². The van der Waals surface area contributed by atoms with Gasteiger partial charge in [0.25, 0.3) is 0 Å². The average Bonchev–Trinajstić information content (AvgIpc) is 2.41. The minimum atomic E-state index is -0.588. The molecule has 0 spiro atoms. The normalized spacial score (nSPS) is 12.2. The molecule has 0 aromatic heterocycles. The standard InChI is InChI=1S/C16H16BrF2NO/c1-3-21-15-5-4-10(8-14(15)17)16(20-2)11-6-12(18)9-13(19)7-11/h4-9,16,20H,3H2,1-2H3. The van der Waals surface area contributed by atoms with Crippen molar-refractivity contribution in [3.05, 3.63) is 63.6 Å². The van der Waals surface area contributed by atoms with Crippen molar-refractivity contribution in [2.75, 3.05) is 13.7 Å². The SMILES string of the molecule is CCOc1ccc(C(NC)c2cc(F)cc(F)c2)cc1Br. The summed E-state index contributed by atoms with van der Waals surface area (Å²) in [5.74, 6) is -0.438. The van der Waals surface area contributed by atoms with Gasteiger partial charge >= 0.3 is 0 Å². The number of nitrogens with one attached hydrogen (secondary N) is 1. The van der Waals surface area contributed by atoms with E-state index < -0.39 is 11.6 Å². The quantitative estimate of drug-likeness (QED) is 0.856. The van der Waals surface area contributed by atoms with Crippen LogP contribution in [0.1, 0.15) is 24.1 Å². The lowest BCUT2D eigenvalue weighted by molar-refractivity contribution is 0.338. The van der Waals surface area contributed by atoms with E-state index in [1.165, 1.54) is 12.1 Å². The molecule has 2 nitrogen and oxygen atoms in total. The first kappa shape index (κ1) is 15.9. The van der Waals surface area contributed by atoms with Crippen LogP contribution in [-0.4, -0.2) is 13.7 Å². The van der Waals surface area contributed by atoms with E-state index in [2.05, 4.69) is 21.2 Å². The largest absolute Gasteiger partial charge is 0.493 e. The van der Waals surface area contributed by atoms with E-state index in [4.69, 9.17) is 4.74 Å². The summed E-state index contributed by atoms with van der Waals surface area (Å²) in [6.07, 6.45) is 0. The average molecular weight is 356 g/mol. The van der Waals surface area contributed by atoms with Crippen molar-refractivity contribution in [1.29, 1.82) is 0 Å². The third-order valence-electron chi connectivity index (χ3n) is 3.10. The Morgan fingerprint density at radius 3 is 2.29 bits per heavy atom. The van der Waals surface area contributed by atoms with Gasteiger partial charge in [0.1, 0.15) is 17.4 Å². The lowest BCUT2D eigenvalue weighted by atomic mass is 9.98. The molecule has 0 heterocycles. The Hall–Kier alpha value is -1.46. The molecule has 1 unspecified atom stereocenters. The molecule has 0 bridgehead atoms. The number of benzene rings is 2. The number of hydrogen-bond acceptors (Lipinski definition) is 2. The Morgan fingerprint density at radius 1 is 1.10 bits per heavy atom. The summed E-state index contributed by atoms with van der Waals surface area (Å²) in [6.45, 7) is 2.48. The maximum absolute atomic E-state index is 13.4. The molecule has 0 aliphatic carbocycles. The monoisotopic (exact) mass is 355 g/mol. The second-order valence-electron chi connectivity index (χ2n) is 4.55. The zero-order valence-corrected chi connectivity index (χ0v) is 13.4. The van der Waals surface area contributed by atoms with Gasteiger partial charge in [0.05, 0.1) is 17.1 Å². The molecule has 0 aliphatic heterocycles. The Balaban J connectivity index is 2.39. The van der Waals surface area contributed by atoms with Gasteiger partial charge in [-0.2, -0.15) is 0 Å². The van der Waals surface area contributed by atoms with Crippen LogP contribution in [0, 0.1) is 11.6 Å². The minimum absolute atomic E-state index is 0.304. The third-order valence-corrected chi connectivity index (χ3v) is 3.72. The number of rotatable bonds is 5. The van der Waals surface area contributed by atoms with Crippen LogP contribution >= 0.6 is 15.9 Å². The van der Waals surface area contributed by atoms with Crippen LogP contribution in [0.3, 0.4) is 0 Å². The predicted octanol–water partition coefficient (Wildman–Crippen LogP) is 4.43. The molecule has 2 aromatic rings. The third kappa shape index (κ3) is 3.80. The molecule has 0 aliphatic rings. The fourth-order valence-corrected chi connectivity index (χ4v) is 2.75. The van der Waals surface area contributed by atoms with Crippen LogP contribution in [0.5, 0.6) is 5.75 Å². The highest BCUT2D eigenvalue weighted by atomic mass is 79.9. The summed E-state index contributed by atoms with van der Waals surface area (Å²) in [4.78, 5) is 0. The fourth-order valence-electron chi connectivity index (χ4n) is 2.24. The van der Waals surface area contributed by atoms with E-state index in [0.717, 1.165) is 21.9 Å². The highest BCUT2D eigenvalue weighted by Gasteiger charge is 2.15. The zero-order valence-electron chi connectivity index (χ0n) is 11.8. The van der Waals surface area contributed by atoms with E-state index in [9.17, 15) is 8.78 Å². The van der Waals surface area contributed by atoms with Gasteiger partial charge in [0.2, 0.25) is 0 Å². The van der Waals surface area contributed by atoms with Gasteiger partial charge in [-0.25, -0.2) is 8.78 Å². The Kier molecular flexibility index (Phi) is 5.31. The van der Waals surface area contributed by atoms with E-state index in [1.807, 2.05) is 25.1 Å². The molecule has 2 rings (SSSR count). The number of hydrogen-bond donors (Lipinski definition) is 1. The van der Waals surface area contributed by atoms with Gasteiger partial charge in [-0.15, -0.1) is 0 Å². The molecule has 2 aromatic carbocycles. The molecule has 112 valence electrons. The van der Waals surface area contributed by atoms with E-state index >= 15 is 0 Å². The minimum Gasteiger partial charge on any atom is -0.493 e. The number of ether oxygens (including phenoxy) is 1. The zero-order chi connectivity index (χ0) is 15.4. The lowest BCUT2D eigenvalue weighted by Crippen LogP contribution is -2.18. The molecular weight excluding hydrogens is 340 g/mol. The highest BCUT2D eigenvalue weighted by Crippen LogP contribution is 2.31. The Morgan fingerprint density at radius 2 is 1.76 bits per heavy atom. The maximum Gasteiger partial charge on any atom is 0.133 e. The second kappa shape index (κ2) is 7.00. The Labute approximate surface area is 131 Å². The molecular formula is C16H16BrF2NO. The van der Waals surface area contributed by atoms with E-state index in [-0.39, 0.29) is 6.04 Å². The Bertz CT molecular complexity index is 613. The van der Waals surface area contributed by atoms with Crippen molar-refractivity contribution < 1.29 is 13.5 Å². The molecule has 21 heavy (non-hydrogen) atoms. The summed E-state index contributed by atoms with van der Waals surface area (Å²) in [7, 11) is 1.75. The lowest BCUT2D eigenvalue weighted by Gasteiger charge is -2.18. The summed E-state index contributed by atoms with van der Waals surface area (Å²) in [5, 5.41) is 3.07. The molecule has 0 amide bonds. The van der Waals surface area contributed by atoms with Crippen LogP contribution in [-0.2, 0) is 0 Å². The molecule has 0 saturated carbocycles. The van der Waals surface area contributed by atoms with Crippen LogP contribution < -0.4 is 10.1 Å². The molecule has 0 fully saturated rings. The second-order valence-corrected chi connectivity index (χ2v) is 5.40. The van der Waals surface area contributed by atoms with Crippen LogP contribution in [0.25, 0.3) is 0 Å². The van der Waals surface area contributed by atoms with Gasteiger partial charge < -0.3 is 10.1 Å². The van der Waals surface area contributed by atoms with Crippen molar-refractivity contribution in [2.24, 2.45) is 0 Å². The summed E-state index contributed by atoms with van der Waals surface area (Å²) < 4.78 is 33.0. The van der Waals surface area contributed by atoms with Crippen LogP contribution in [0.15, 0.2) is 40.9 Å². The van der Waals surface area contributed by atoms with Gasteiger partial charge in [-0.1, -0.05) is 6.07 Å². The topological polar surface area (TPSA) is 21.3 Å². The maximum atomic E-state index is 13.4. The number of halogens is 3. The first-order valence-corrected chi connectivity index (χ1v) is 7.40. The smallest absolute Gasteiger partial charge is 0.133 e. The molecule has 0 radical (unpaired) electrons. The van der Waals surface area contributed by atoms with Crippen molar-refractivity contribution in [2.45, 2.75) is 13.0 Å². The summed E-state index contributed by atoms with van der Waals surface area (Å²) in [5.41, 5.74) is 1.42. The molecule has 5 heteroatoms. The predicted molar refractivity (Wildman–Crippen MR) is 82.6 cm³/mol. The molecule has 0 saturated heterocycles. The van der Waals surface area contributed by atoms with E-state index in [0.29, 0.717) is 12.2 Å².